The van der Waals surface area contributed by atoms with Crippen LogP contribution in [0.5, 0.6) is 0 Å². The number of alkyl halides is 1. The Morgan fingerprint density at radius 3 is 2.47 bits per heavy atom. The average Bonchev–Trinajstić information content (AvgIpc) is 3.02. The van der Waals surface area contributed by atoms with Gasteiger partial charge < -0.3 is 5.32 Å². The van der Waals surface area contributed by atoms with Crippen molar-refractivity contribution in [1.82, 2.24) is 5.32 Å². The monoisotopic (exact) mass is 221 g/mol. The van der Waals surface area contributed by atoms with E-state index in [-0.39, 0.29) is 0 Å². The predicted molar refractivity (Wildman–Crippen MR) is 63.4 cm³/mol. The Hall–Kier alpha value is -0.530. The van der Waals surface area contributed by atoms with Crippen LogP contribution in [0, 0.1) is 0 Å². The quantitative estimate of drug-likeness (QED) is 0.757. The Balaban J connectivity index is 1.89. The summed E-state index contributed by atoms with van der Waals surface area (Å²) in [4.78, 5) is 0. The first-order valence-corrected chi connectivity index (χ1v) is 6.24. The summed E-state index contributed by atoms with van der Waals surface area (Å²) in [5, 5.41) is 3.82. The second-order valence-corrected chi connectivity index (χ2v) is 5.31. The SMILES string of the molecule is ClC1CNC(c2ccccc2C2CC2)C1. The molecule has 2 atom stereocenters. The molecule has 1 N–H and O–H groups in total. The average molecular weight is 222 g/mol. The molecular formula is C13H16ClN. The molecule has 1 aromatic carbocycles. The van der Waals surface area contributed by atoms with Gasteiger partial charge in [0.15, 0.2) is 0 Å². The lowest BCUT2D eigenvalue weighted by molar-refractivity contribution is 0.640. The number of hydrogen-bond donors (Lipinski definition) is 1. The zero-order valence-electron chi connectivity index (χ0n) is 8.75. The van der Waals surface area contributed by atoms with Crippen molar-refractivity contribution < 1.29 is 0 Å². The largest absolute Gasteiger partial charge is 0.308 e. The van der Waals surface area contributed by atoms with Crippen LogP contribution in [0.25, 0.3) is 0 Å². The highest BCUT2D eigenvalue weighted by atomic mass is 35.5. The molecule has 0 spiro atoms. The summed E-state index contributed by atoms with van der Waals surface area (Å²) < 4.78 is 0. The van der Waals surface area contributed by atoms with Gasteiger partial charge in [-0.3, -0.25) is 0 Å². The van der Waals surface area contributed by atoms with Gasteiger partial charge in [-0.05, 0) is 36.3 Å². The topological polar surface area (TPSA) is 12.0 Å². The third kappa shape index (κ3) is 1.91. The summed E-state index contributed by atoms with van der Waals surface area (Å²) in [6.07, 6.45) is 3.81. The van der Waals surface area contributed by atoms with Crippen molar-refractivity contribution in [1.29, 1.82) is 0 Å². The summed E-state index contributed by atoms with van der Waals surface area (Å²) >= 11 is 6.14. The number of hydrogen-bond acceptors (Lipinski definition) is 1. The second kappa shape index (κ2) is 3.80. The molecule has 0 aromatic heterocycles. The van der Waals surface area contributed by atoms with Crippen molar-refractivity contribution in [3.05, 3.63) is 35.4 Å². The summed E-state index contributed by atoms with van der Waals surface area (Å²) in [6.45, 7) is 0.950. The van der Waals surface area contributed by atoms with Gasteiger partial charge in [-0.1, -0.05) is 24.3 Å². The normalized spacial score (nSPS) is 30.7. The van der Waals surface area contributed by atoms with Crippen molar-refractivity contribution in [2.75, 3.05) is 6.54 Å². The van der Waals surface area contributed by atoms with Gasteiger partial charge in [0.05, 0.1) is 0 Å². The molecule has 1 nitrogen and oxygen atoms in total. The van der Waals surface area contributed by atoms with E-state index in [0.29, 0.717) is 11.4 Å². The third-order valence-electron chi connectivity index (χ3n) is 3.47. The fourth-order valence-electron chi connectivity index (χ4n) is 2.52. The molecule has 2 heteroatoms. The smallest absolute Gasteiger partial charge is 0.0478 e. The molecule has 1 saturated heterocycles. The minimum atomic E-state index is 0.308. The highest BCUT2D eigenvalue weighted by Crippen LogP contribution is 2.44. The minimum absolute atomic E-state index is 0.308. The number of halogens is 1. The van der Waals surface area contributed by atoms with Crippen LogP contribution in [0.2, 0.25) is 0 Å². The van der Waals surface area contributed by atoms with E-state index in [4.69, 9.17) is 11.6 Å². The first kappa shape index (κ1) is 9.68. The van der Waals surface area contributed by atoms with E-state index in [9.17, 15) is 0 Å². The second-order valence-electron chi connectivity index (χ2n) is 4.70. The highest BCUT2D eigenvalue weighted by Gasteiger charge is 2.30. The Kier molecular flexibility index (Phi) is 2.45. The molecule has 0 radical (unpaired) electrons. The number of nitrogens with one attached hydrogen (secondary N) is 1. The molecule has 15 heavy (non-hydrogen) atoms. The van der Waals surface area contributed by atoms with Gasteiger partial charge >= 0.3 is 0 Å². The lowest BCUT2D eigenvalue weighted by Gasteiger charge is -2.15. The van der Waals surface area contributed by atoms with Crippen LogP contribution >= 0.6 is 11.6 Å². The maximum absolute atomic E-state index is 6.14. The maximum atomic E-state index is 6.14. The molecule has 1 heterocycles. The molecule has 80 valence electrons. The number of rotatable bonds is 2. The standard InChI is InChI=1S/C13H16ClN/c14-10-7-13(15-8-10)12-4-2-1-3-11(12)9-5-6-9/h1-4,9-10,13,15H,5-8H2. The Labute approximate surface area is 95.8 Å². The van der Waals surface area contributed by atoms with Gasteiger partial charge in [0, 0.05) is 18.0 Å². The van der Waals surface area contributed by atoms with E-state index in [0.717, 1.165) is 18.9 Å². The van der Waals surface area contributed by atoms with Crippen LogP contribution in [0.3, 0.4) is 0 Å². The Morgan fingerprint density at radius 1 is 1.13 bits per heavy atom. The van der Waals surface area contributed by atoms with Crippen molar-refractivity contribution >= 4 is 11.6 Å². The lowest BCUT2D eigenvalue weighted by atomic mass is 9.96. The third-order valence-corrected chi connectivity index (χ3v) is 3.80. The maximum Gasteiger partial charge on any atom is 0.0478 e. The molecule has 2 unspecified atom stereocenters. The zero-order valence-corrected chi connectivity index (χ0v) is 9.50. The lowest BCUT2D eigenvalue weighted by Crippen LogP contribution is -2.15. The van der Waals surface area contributed by atoms with Gasteiger partial charge in [-0.25, -0.2) is 0 Å². The summed E-state index contributed by atoms with van der Waals surface area (Å²) in [5.41, 5.74) is 3.05. The van der Waals surface area contributed by atoms with E-state index < -0.39 is 0 Å². The summed E-state index contributed by atoms with van der Waals surface area (Å²) in [7, 11) is 0. The molecule has 2 aliphatic rings. The Morgan fingerprint density at radius 2 is 1.87 bits per heavy atom. The van der Waals surface area contributed by atoms with E-state index in [1.807, 2.05) is 0 Å². The molecule has 2 fully saturated rings. The van der Waals surface area contributed by atoms with Gasteiger partial charge in [0.1, 0.15) is 0 Å². The van der Waals surface area contributed by atoms with Crippen LogP contribution in [-0.4, -0.2) is 11.9 Å². The number of benzene rings is 1. The molecule has 0 bridgehead atoms. The van der Waals surface area contributed by atoms with E-state index in [2.05, 4.69) is 29.6 Å². The van der Waals surface area contributed by atoms with Crippen LogP contribution < -0.4 is 5.32 Å². The van der Waals surface area contributed by atoms with Gasteiger partial charge in [-0.2, -0.15) is 0 Å². The van der Waals surface area contributed by atoms with Crippen molar-refractivity contribution in [2.45, 2.75) is 36.6 Å². The van der Waals surface area contributed by atoms with Crippen molar-refractivity contribution in [3.8, 4) is 0 Å². The summed E-state index contributed by atoms with van der Waals surface area (Å²) in [5.74, 6) is 0.831. The molecule has 1 aliphatic carbocycles. The van der Waals surface area contributed by atoms with Gasteiger partial charge in [0.2, 0.25) is 0 Å². The summed E-state index contributed by atoms with van der Waals surface area (Å²) in [6, 6.07) is 9.34. The van der Waals surface area contributed by atoms with E-state index in [1.165, 1.54) is 18.4 Å². The first-order valence-electron chi connectivity index (χ1n) is 5.81. The predicted octanol–water partition coefficient (Wildman–Crippen LogP) is 3.21. The highest BCUT2D eigenvalue weighted by molar-refractivity contribution is 6.21. The van der Waals surface area contributed by atoms with Gasteiger partial charge in [0.25, 0.3) is 0 Å². The van der Waals surface area contributed by atoms with Crippen LogP contribution in [0.15, 0.2) is 24.3 Å². The van der Waals surface area contributed by atoms with Crippen LogP contribution in [-0.2, 0) is 0 Å². The minimum Gasteiger partial charge on any atom is -0.308 e. The molecule has 3 rings (SSSR count). The van der Waals surface area contributed by atoms with E-state index >= 15 is 0 Å². The molecule has 1 aliphatic heterocycles. The zero-order chi connectivity index (χ0) is 10.3. The molecule has 0 amide bonds. The molecule has 1 aromatic rings. The van der Waals surface area contributed by atoms with E-state index in [1.54, 1.807) is 5.56 Å². The van der Waals surface area contributed by atoms with Gasteiger partial charge in [-0.15, -0.1) is 11.6 Å². The molecule has 1 saturated carbocycles. The van der Waals surface area contributed by atoms with Crippen molar-refractivity contribution in [2.24, 2.45) is 0 Å². The molecular weight excluding hydrogens is 206 g/mol. The first-order chi connectivity index (χ1) is 7.34. The van der Waals surface area contributed by atoms with Crippen LogP contribution in [0.4, 0.5) is 0 Å². The Bertz CT molecular complexity index is 359. The van der Waals surface area contributed by atoms with Crippen molar-refractivity contribution in [3.63, 3.8) is 0 Å². The fourth-order valence-corrected chi connectivity index (χ4v) is 2.79. The fraction of sp³-hybridized carbons (Fsp3) is 0.538. The van der Waals surface area contributed by atoms with Crippen LogP contribution in [0.1, 0.15) is 42.3 Å².